The fourth-order valence-electron chi connectivity index (χ4n) is 2.61. The minimum Gasteiger partial charge on any atom is -0.425 e. The SMILES string of the molecule is CC(=O)N1CCC(C(=O)NCC(=O)Oc2cccc(C)c2)CC1. The van der Waals surface area contributed by atoms with E-state index in [1.54, 1.807) is 23.1 Å². The molecular formula is C17H22N2O4. The zero-order valence-electron chi connectivity index (χ0n) is 13.5. The number of esters is 1. The highest BCUT2D eigenvalue weighted by Gasteiger charge is 2.26. The third-order valence-electron chi connectivity index (χ3n) is 3.94. The van der Waals surface area contributed by atoms with Crippen molar-refractivity contribution in [2.45, 2.75) is 26.7 Å². The van der Waals surface area contributed by atoms with Crippen LogP contribution in [0.2, 0.25) is 0 Å². The van der Waals surface area contributed by atoms with Crippen molar-refractivity contribution in [1.29, 1.82) is 0 Å². The van der Waals surface area contributed by atoms with Gasteiger partial charge in [0.15, 0.2) is 0 Å². The zero-order valence-corrected chi connectivity index (χ0v) is 13.5. The number of carbonyl (C=O) groups is 3. The summed E-state index contributed by atoms with van der Waals surface area (Å²) in [7, 11) is 0. The van der Waals surface area contributed by atoms with Crippen LogP contribution in [0.3, 0.4) is 0 Å². The van der Waals surface area contributed by atoms with Crippen molar-refractivity contribution in [3.63, 3.8) is 0 Å². The van der Waals surface area contributed by atoms with Crippen LogP contribution in [0.4, 0.5) is 0 Å². The maximum atomic E-state index is 12.1. The lowest BCUT2D eigenvalue weighted by molar-refractivity contribution is -0.137. The Kier molecular flexibility index (Phi) is 5.73. The van der Waals surface area contributed by atoms with Gasteiger partial charge in [-0.2, -0.15) is 0 Å². The highest BCUT2D eigenvalue weighted by Crippen LogP contribution is 2.17. The van der Waals surface area contributed by atoms with Gasteiger partial charge in [-0.05, 0) is 37.5 Å². The molecule has 0 bridgehead atoms. The molecule has 1 N–H and O–H groups in total. The average molecular weight is 318 g/mol. The molecule has 0 saturated carbocycles. The van der Waals surface area contributed by atoms with E-state index in [4.69, 9.17) is 4.74 Å². The van der Waals surface area contributed by atoms with Crippen LogP contribution in [0, 0.1) is 12.8 Å². The van der Waals surface area contributed by atoms with E-state index in [2.05, 4.69) is 5.32 Å². The Balaban J connectivity index is 1.74. The van der Waals surface area contributed by atoms with Crippen LogP contribution in [0.1, 0.15) is 25.3 Å². The third-order valence-corrected chi connectivity index (χ3v) is 3.94. The second kappa shape index (κ2) is 7.76. The summed E-state index contributed by atoms with van der Waals surface area (Å²) < 4.78 is 5.17. The van der Waals surface area contributed by atoms with Gasteiger partial charge in [-0.3, -0.25) is 9.59 Å². The van der Waals surface area contributed by atoms with E-state index >= 15 is 0 Å². The Morgan fingerprint density at radius 1 is 1.26 bits per heavy atom. The molecule has 2 amide bonds. The van der Waals surface area contributed by atoms with Crippen molar-refractivity contribution in [2.24, 2.45) is 5.92 Å². The van der Waals surface area contributed by atoms with Gasteiger partial charge in [-0.15, -0.1) is 0 Å². The topological polar surface area (TPSA) is 75.7 Å². The minimum atomic E-state index is -0.495. The number of aryl methyl sites for hydroxylation is 1. The number of ether oxygens (including phenoxy) is 1. The van der Waals surface area contributed by atoms with Crippen LogP contribution in [0.5, 0.6) is 5.75 Å². The van der Waals surface area contributed by atoms with Crippen molar-refractivity contribution < 1.29 is 19.1 Å². The minimum absolute atomic E-state index is 0.0330. The number of carbonyl (C=O) groups excluding carboxylic acids is 3. The molecule has 1 aromatic carbocycles. The number of piperidine rings is 1. The maximum Gasteiger partial charge on any atom is 0.330 e. The molecule has 0 spiro atoms. The molecule has 2 rings (SSSR count). The summed E-state index contributed by atoms with van der Waals surface area (Å²) in [6, 6.07) is 7.17. The standard InChI is InChI=1S/C17H22N2O4/c1-12-4-3-5-15(10-12)23-16(21)11-18-17(22)14-6-8-19(9-7-14)13(2)20/h3-5,10,14H,6-9,11H2,1-2H3,(H,18,22). The predicted octanol–water partition coefficient (Wildman–Crippen LogP) is 1.28. The average Bonchev–Trinajstić information content (AvgIpc) is 2.52. The van der Waals surface area contributed by atoms with Crippen molar-refractivity contribution in [1.82, 2.24) is 10.2 Å². The van der Waals surface area contributed by atoms with Crippen molar-refractivity contribution >= 4 is 17.8 Å². The molecule has 1 aromatic rings. The van der Waals surface area contributed by atoms with Gasteiger partial charge in [0.1, 0.15) is 12.3 Å². The van der Waals surface area contributed by atoms with E-state index < -0.39 is 5.97 Å². The molecule has 0 atom stereocenters. The number of nitrogens with one attached hydrogen (secondary N) is 1. The fraction of sp³-hybridized carbons (Fsp3) is 0.471. The van der Waals surface area contributed by atoms with E-state index in [9.17, 15) is 14.4 Å². The van der Waals surface area contributed by atoms with Crippen LogP contribution in [-0.2, 0) is 14.4 Å². The smallest absolute Gasteiger partial charge is 0.330 e. The van der Waals surface area contributed by atoms with Crippen LogP contribution in [0.15, 0.2) is 24.3 Å². The number of benzene rings is 1. The molecule has 0 aliphatic carbocycles. The molecule has 6 nitrogen and oxygen atoms in total. The second-order valence-corrected chi connectivity index (χ2v) is 5.79. The molecule has 1 fully saturated rings. The highest BCUT2D eigenvalue weighted by molar-refractivity contribution is 5.84. The van der Waals surface area contributed by atoms with Crippen molar-refractivity contribution in [2.75, 3.05) is 19.6 Å². The third kappa shape index (κ3) is 5.09. The Morgan fingerprint density at radius 2 is 1.96 bits per heavy atom. The molecular weight excluding hydrogens is 296 g/mol. The van der Waals surface area contributed by atoms with Gasteiger partial charge in [0, 0.05) is 25.9 Å². The van der Waals surface area contributed by atoms with Crippen LogP contribution in [-0.4, -0.2) is 42.3 Å². The first-order valence-corrected chi connectivity index (χ1v) is 7.76. The number of amides is 2. The highest BCUT2D eigenvalue weighted by atomic mass is 16.5. The molecule has 0 radical (unpaired) electrons. The second-order valence-electron chi connectivity index (χ2n) is 5.79. The monoisotopic (exact) mass is 318 g/mol. The quantitative estimate of drug-likeness (QED) is 0.670. The van der Waals surface area contributed by atoms with E-state index in [1.807, 2.05) is 13.0 Å². The molecule has 1 aliphatic rings. The number of rotatable bonds is 4. The Hall–Kier alpha value is -2.37. The number of likely N-dealkylation sites (tertiary alicyclic amines) is 1. The maximum absolute atomic E-state index is 12.1. The van der Waals surface area contributed by atoms with E-state index in [-0.39, 0.29) is 24.3 Å². The van der Waals surface area contributed by atoms with Crippen LogP contribution in [0.25, 0.3) is 0 Å². The molecule has 0 unspecified atom stereocenters. The van der Waals surface area contributed by atoms with Crippen molar-refractivity contribution in [3.05, 3.63) is 29.8 Å². The first-order valence-electron chi connectivity index (χ1n) is 7.76. The molecule has 1 saturated heterocycles. The van der Waals surface area contributed by atoms with Gasteiger partial charge >= 0.3 is 5.97 Å². The molecule has 6 heteroatoms. The van der Waals surface area contributed by atoms with Crippen LogP contribution >= 0.6 is 0 Å². The number of nitrogens with zero attached hydrogens (tertiary/aromatic N) is 1. The fourth-order valence-corrected chi connectivity index (χ4v) is 2.61. The molecule has 124 valence electrons. The normalized spacial score (nSPS) is 15.1. The van der Waals surface area contributed by atoms with Gasteiger partial charge in [-0.1, -0.05) is 12.1 Å². The van der Waals surface area contributed by atoms with Gasteiger partial charge in [0.2, 0.25) is 11.8 Å². The van der Waals surface area contributed by atoms with Gasteiger partial charge in [-0.25, -0.2) is 4.79 Å². The Morgan fingerprint density at radius 3 is 2.57 bits per heavy atom. The summed E-state index contributed by atoms with van der Waals surface area (Å²) in [5.41, 5.74) is 0.997. The Labute approximate surface area is 135 Å². The van der Waals surface area contributed by atoms with Gasteiger partial charge < -0.3 is 15.0 Å². The molecule has 23 heavy (non-hydrogen) atoms. The summed E-state index contributed by atoms with van der Waals surface area (Å²) in [6.07, 6.45) is 1.25. The van der Waals surface area contributed by atoms with Crippen LogP contribution < -0.4 is 10.1 Å². The lowest BCUT2D eigenvalue weighted by atomic mass is 9.96. The predicted molar refractivity (Wildman–Crippen MR) is 84.8 cm³/mol. The van der Waals surface area contributed by atoms with E-state index in [1.165, 1.54) is 6.92 Å². The largest absolute Gasteiger partial charge is 0.425 e. The Bertz CT molecular complexity index is 592. The first-order chi connectivity index (χ1) is 11.0. The summed E-state index contributed by atoms with van der Waals surface area (Å²) in [6.45, 7) is 4.45. The van der Waals surface area contributed by atoms with E-state index in [0.29, 0.717) is 31.7 Å². The molecule has 1 aliphatic heterocycles. The van der Waals surface area contributed by atoms with E-state index in [0.717, 1.165) is 5.56 Å². The summed E-state index contributed by atoms with van der Waals surface area (Å²) in [5, 5.41) is 2.61. The van der Waals surface area contributed by atoms with Gasteiger partial charge in [0.05, 0.1) is 0 Å². The lowest BCUT2D eigenvalue weighted by Gasteiger charge is -2.30. The molecule has 1 heterocycles. The van der Waals surface area contributed by atoms with Crippen molar-refractivity contribution in [3.8, 4) is 5.75 Å². The summed E-state index contributed by atoms with van der Waals surface area (Å²) in [5.74, 6) is -0.304. The molecule has 0 aromatic heterocycles. The lowest BCUT2D eigenvalue weighted by Crippen LogP contribution is -2.43. The number of hydrogen-bond acceptors (Lipinski definition) is 4. The van der Waals surface area contributed by atoms with Gasteiger partial charge in [0.25, 0.3) is 0 Å². The zero-order chi connectivity index (χ0) is 16.8. The summed E-state index contributed by atoms with van der Waals surface area (Å²) >= 11 is 0. The number of hydrogen-bond donors (Lipinski definition) is 1. The summed E-state index contributed by atoms with van der Waals surface area (Å²) in [4.78, 5) is 36.8. The first kappa shape index (κ1) is 17.0.